The van der Waals surface area contributed by atoms with Crippen LogP contribution >= 0.6 is 22.7 Å². The van der Waals surface area contributed by atoms with E-state index in [2.05, 4.69) is 29.5 Å². The smallest absolute Gasteiger partial charge is 0.250 e. The second-order valence-electron chi connectivity index (χ2n) is 7.65. The van der Waals surface area contributed by atoms with Gasteiger partial charge in [0.15, 0.2) is 16.6 Å². The first-order valence-electron chi connectivity index (χ1n) is 10.4. The number of nitrogens with zero attached hydrogens (tertiary/aromatic N) is 1. The van der Waals surface area contributed by atoms with Gasteiger partial charge in [0.25, 0.3) is 0 Å². The third kappa shape index (κ3) is 7.44. The summed E-state index contributed by atoms with van der Waals surface area (Å²) in [6.07, 6.45) is 3.17. The fourth-order valence-corrected chi connectivity index (χ4v) is 4.45. The molecule has 174 valence electrons. The number of thiophene rings is 1. The molecule has 0 saturated heterocycles. The fraction of sp³-hybridized carbons (Fsp3) is 0.292. The lowest BCUT2D eigenvalue weighted by molar-refractivity contribution is -0.119. The second-order valence-corrected chi connectivity index (χ2v) is 9.68. The second kappa shape index (κ2) is 11.6. The van der Waals surface area contributed by atoms with Crippen LogP contribution in [-0.2, 0) is 16.1 Å². The molecule has 0 fully saturated rings. The maximum Gasteiger partial charge on any atom is 0.250 e. The van der Waals surface area contributed by atoms with E-state index in [0.717, 1.165) is 21.0 Å². The first-order valence-corrected chi connectivity index (χ1v) is 12.1. The molecule has 0 aliphatic carbocycles. The maximum atomic E-state index is 12.4. The highest BCUT2D eigenvalue weighted by Gasteiger charge is 2.10. The molecule has 0 bridgehead atoms. The number of hydrogen-bond donors (Lipinski definition) is 2. The molecule has 0 unspecified atom stereocenters. The van der Waals surface area contributed by atoms with Gasteiger partial charge in [0.05, 0.1) is 30.8 Å². The topological polar surface area (TPSA) is 89.5 Å². The van der Waals surface area contributed by atoms with Crippen LogP contribution in [0.25, 0.3) is 16.6 Å². The summed E-state index contributed by atoms with van der Waals surface area (Å²) in [6, 6.07) is 9.47. The molecule has 0 spiro atoms. The lowest BCUT2D eigenvalue weighted by atomic mass is 10.2. The van der Waals surface area contributed by atoms with E-state index in [0.29, 0.717) is 35.7 Å². The van der Waals surface area contributed by atoms with E-state index < -0.39 is 0 Å². The van der Waals surface area contributed by atoms with Crippen LogP contribution in [0.1, 0.15) is 31.2 Å². The number of thiazole rings is 1. The molecule has 7 nitrogen and oxygen atoms in total. The van der Waals surface area contributed by atoms with Crippen molar-refractivity contribution in [3.63, 3.8) is 0 Å². The van der Waals surface area contributed by atoms with E-state index >= 15 is 0 Å². The SMILES string of the molecule is COc1cc(/C=C/C(=O)Nc2nc(-c3ccc(CNC(C)=O)s3)cs2)ccc1OCC(C)C. The van der Waals surface area contributed by atoms with Gasteiger partial charge >= 0.3 is 0 Å². The lowest BCUT2D eigenvalue weighted by Gasteiger charge is -2.12. The molecular formula is C24H27N3O4S2. The minimum Gasteiger partial charge on any atom is -0.493 e. The predicted octanol–water partition coefficient (Wildman–Crippen LogP) is 5.20. The molecule has 0 aliphatic heterocycles. The van der Waals surface area contributed by atoms with Crippen molar-refractivity contribution < 1.29 is 19.1 Å². The Morgan fingerprint density at radius 3 is 2.73 bits per heavy atom. The first-order chi connectivity index (χ1) is 15.8. The molecule has 1 aromatic carbocycles. The van der Waals surface area contributed by atoms with Crippen molar-refractivity contribution in [2.24, 2.45) is 5.92 Å². The predicted molar refractivity (Wildman–Crippen MR) is 134 cm³/mol. The van der Waals surface area contributed by atoms with E-state index in [9.17, 15) is 9.59 Å². The first kappa shape index (κ1) is 24.5. The Kier molecular flexibility index (Phi) is 8.62. The molecule has 9 heteroatoms. The zero-order valence-electron chi connectivity index (χ0n) is 19.0. The highest BCUT2D eigenvalue weighted by atomic mass is 32.1. The number of carbonyl (C=O) groups excluding carboxylic acids is 2. The highest BCUT2D eigenvalue weighted by molar-refractivity contribution is 7.17. The molecule has 0 aliphatic rings. The number of ether oxygens (including phenoxy) is 2. The van der Waals surface area contributed by atoms with E-state index in [1.165, 1.54) is 24.3 Å². The van der Waals surface area contributed by atoms with Crippen LogP contribution in [0.5, 0.6) is 11.5 Å². The Hall–Kier alpha value is -3.17. The average molecular weight is 486 g/mol. The monoisotopic (exact) mass is 485 g/mol. The van der Waals surface area contributed by atoms with E-state index in [4.69, 9.17) is 9.47 Å². The summed E-state index contributed by atoms with van der Waals surface area (Å²) in [5.41, 5.74) is 1.61. The Bertz CT molecular complexity index is 1130. The number of rotatable bonds is 10. The van der Waals surface area contributed by atoms with Crippen molar-refractivity contribution in [2.75, 3.05) is 19.0 Å². The van der Waals surface area contributed by atoms with Gasteiger partial charge in [-0.1, -0.05) is 19.9 Å². The molecule has 2 N–H and O–H groups in total. The Morgan fingerprint density at radius 2 is 2.00 bits per heavy atom. The molecule has 2 aromatic heterocycles. The summed E-state index contributed by atoms with van der Waals surface area (Å²) in [6.45, 7) is 6.76. The number of methoxy groups -OCH3 is 1. The van der Waals surface area contributed by atoms with Crippen LogP contribution in [0, 0.1) is 5.92 Å². The number of benzene rings is 1. The zero-order chi connectivity index (χ0) is 23.8. The standard InChI is InChI=1S/C24H27N3O4S2/c1-15(2)13-31-20-8-5-17(11-21(20)30-4)6-10-23(29)27-24-26-19(14-32-24)22-9-7-18(33-22)12-25-16(3)28/h5-11,14-15H,12-13H2,1-4H3,(H,25,28)(H,26,27,29)/b10-6+. The highest BCUT2D eigenvalue weighted by Crippen LogP contribution is 2.31. The van der Waals surface area contributed by atoms with Crippen molar-refractivity contribution in [1.82, 2.24) is 10.3 Å². The normalized spacial score (nSPS) is 11.1. The van der Waals surface area contributed by atoms with Gasteiger partial charge in [-0.25, -0.2) is 4.98 Å². The molecule has 3 rings (SSSR count). The molecule has 33 heavy (non-hydrogen) atoms. The summed E-state index contributed by atoms with van der Waals surface area (Å²) in [4.78, 5) is 29.9. The Labute approximate surface area is 201 Å². The van der Waals surface area contributed by atoms with Crippen LogP contribution in [0.4, 0.5) is 5.13 Å². The number of hydrogen-bond acceptors (Lipinski definition) is 7. The van der Waals surface area contributed by atoms with Crippen LogP contribution < -0.4 is 20.1 Å². The number of aromatic nitrogens is 1. The molecule has 0 saturated carbocycles. The third-order valence-electron chi connectivity index (χ3n) is 4.35. The summed E-state index contributed by atoms with van der Waals surface area (Å²) < 4.78 is 11.2. The molecular weight excluding hydrogens is 458 g/mol. The van der Waals surface area contributed by atoms with Crippen molar-refractivity contribution in [3.05, 3.63) is 52.2 Å². The Morgan fingerprint density at radius 1 is 1.18 bits per heavy atom. The van der Waals surface area contributed by atoms with Gasteiger partial charge in [-0.3, -0.25) is 14.9 Å². The van der Waals surface area contributed by atoms with Crippen molar-refractivity contribution in [3.8, 4) is 22.1 Å². The van der Waals surface area contributed by atoms with E-state index in [1.807, 2.05) is 35.7 Å². The van der Waals surface area contributed by atoms with Crippen LogP contribution in [0.3, 0.4) is 0 Å². The van der Waals surface area contributed by atoms with E-state index in [1.54, 1.807) is 24.5 Å². The fourth-order valence-electron chi connectivity index (χ4n) is 2.75. The average Bonchev–Trinajstić information content (AvgIpc) is 3.44. The minimum atomic E-state index is -0.271. The lowest BCUT2D eigenvalue weighted by Crippen LogP contribution is -2.17. The van der Waals surface area contributed by atoms with Gasteiger partial charge < -0.3 is 14.8 Å². The molecule has 2 heterocycles. The van der Waals surface area contributed by atoms with E-state index in [-0.39, 0.29) is 11.8 Å². The zero-order valence-corrected chi connectivity index (χ0v) is 20.6. The van der Waals surface area contributed by atoms with Gasteiger partial charge in [-0.05, 0) is 41.8 Å². The summed E-state index contributed by atoms with van der Waals surface area (Å²) in [5.74, 6) is 1.38. The number of anilines is 1. The Balaban J connectivity index is 1.59. The van der Waals surface area contributed by atoms with Crippen molar-refractivity contribution >= 4 is 45.7 Å². The largest absolute Gasteiger partial charge is 0.493 e. The van der Waals surface area contributed by atoms with Gasteiger partial charge in [0.1, 0.15) is 0 Å². The number of nitrogens with one attached hydrogen (secondary N) is 2. The van der Waals surface area contributed by atoms with Crippen LogP contribution in [-0.4, -0.2) is 30.5 Å². The van der Waals surface area contributed by atoms with Gasteiger partial charge in [-0.15, -0.1) is 22.7 Å². The maximum absolute atomic E-state index is 12.4. The third-order valence-corrected chi connectivity index (χ3v) is 6.21. The van der Waals surface area contributed by atoms with Crippen LogP contribution in [0.2, 0.25) is 0 Å². The molecule has 2 amide bonds. The molecule has 3 aromatic rings. The van der Waals surface area contributed by atoms with Gasteiger partial charge in [-0.2, -0.15) is 0 Å². The minimum absolute atomic E-state index is 0.0643. The van der Waals surface area contributed by atoms with Gasteiger partial charge in [0.2, 0.25) is 11.8 Å². The van der Waals surface area contributed by atoms with Gasteiger partial charge in [0, 0.05) is 23.3 Å². The number of amides is 2. The number of carbonyl (C=O) groups is 2. The summed E-state index contributed by atoms with van der Waals surface area (Å²) in [7, 11) is 1.59. The summed E-state index contributed by atoms with van der Waals surface area (Å²) >= 11 is 2.92. The molecule has 0 atom stereocenters. The molecule has 0 radical (unpaired) electrons. The van der Waals surface area contributed by atoms with Crippen LogP contribution in [0.15, 0.2) is 41.8 Å². The summed E-state index contributed by atoms with van der Waals surface area (Å²) in [5, 5.41) is 7.99. The van der Waals surface area contributed by atoms with Crippen molar-refractivity contribution in [1.29, 1.82) is 0 Å². The quantitative estimate of drug-likeness (QED) is 0.385. The van der Waals surface area contributed by atoms with Crippen molar-refractivity contribution in [2.45, 2.75) is 27.3 Å².